The second-order valence-corrected chi connectivity index (χ2v) is 17.2. The molecule has 3 amide bonds. The summed E-state index contributed by atoms with van der Waals surface area (Å²) < 4.78 is 22.5. The maximum atomic E-state index is 13.8. The van der Waals surface area contributed by atoms with Crippen molar-refractivity contribution in [1.29, 1.82) is 0 Å². The van der Waals surface area contributed by atoms with Crippen molar-refractivity contribution in [1.82, 2.24) is 35.1 Å². The van der Waals surface area contributed by atoms with Crippen LogP contribution in [0.2, 0.25) is 0 Å². The molecular weight excluding hydrogens is 739 g/mol. The number of nitrogens with zero attached hydrogens (tertiary/aromatic N) is 4. The van der Waals surface area contributed by atoms with Crippen molar-refractivity contribution in [2.24, 2.45) is 11.8 Å². The van der Waals surface area contributed by atoms with E-state index in [-0.39, 0.29) is 42.0 Å². The molecule has 5 heterocycles. The van der Waals surface area contributed by atoms with Gasteiger partial charge >= 0.3 is 12.2 Å². The summed E-state index contributed by atoms with van der Waals surface area (Å²) in [5.74, 6) is 2.13. The van der Waals surface area contributed by atoms with Crippen molar-refractivity contribution in [3.63, 3.8) is 0 Å². The topological polar surface area (TPSA) is 164 Å². The standard InChI is InChI=1S/C44H53N7O7/c1-23(2)37(49-42(53)56-8)41(52)51-24(3)9-14-34(51)39-45-19-33(47-39)27-10-12-29-28(16-27)22-57-36-18-30-26(17-31(29)36)11-13-32-38(30)48-40(46-32)35-15-25(21-55-7)20-50(35)43(54)58-44(4,5)6/h10-13,16-19,23-25,34-35,37H,9,14-15,20-22H2,1-8H3,(H,45,47)(H,46,48)(H,49,53)/t24-,25-,34-,35?,37-/m0/s1. The number of hydrogen-bond donors (Lipinski definition) is 3. The first-order valence-corrected chi connectivity index (χ1v) is 20.2. The lowest BCUT2D eigenvalue weighted by Crippen LogP contribution is -2.52. The maximum absolute atomic E-state index is 13.8. The first kappa shape index (κ1) is 39.2. The molecule has 1 unspecified atom stereocenters. The first-order valence-electron chi connectivity index (χ1n) is 20.2. The normalized spacial score (nSPS) is 20.9. The lowest BCUT2D eigenvalue weighted by molar-refractivity contribution is -0.137. The zero-order valence-electron chi connectivity index (χ0n) is 34.5. The fourth-order valence-electron chi connectivity index (χ4n) is 8.84. The number of amides is 3. The highest BCUT2D eigenvalue weighted by Gasteiger charge is 2.42. The Morgan fingerprint density at radius 1 is 1.00 bits per heavy atom. The van der Waals surface area contributed by atoms with E-state index in [1.165, 1.54) is 7.11 Å². The van der Waals surface area contributed by atoms with Gasteiger partial charge < -0.3 is 39.1 Å². The van der Waals surface area contributed by atoms with Crippen LogP contribution in [0.15, 0.2) is 48.7 Å². The Bertz CT molecular complexity index is 2380. The zero-order chi connectivity index (χ0) is 41.0. The van der Waals surface area contributed by atoms with Crippen LogP contribution in [0.4, 0.5) is 9.59 Å². The molecule has 0 aliphatic carbocycles. The molecule has 3 aromatic carbocycles. The number of hydrogen-bond acceptors (Lipinski definition) is 9. The zero-order valence-corrected chi connectivity index (χ0v) is 34.5. The Labute approximate surface area is 338 Å². The number of fused-ring (bicyclic) bond motifs is 6. The van der Waals surface area contributed by atoms with Crippen LogP contribution in [0.25, 0.3) is 44.2 Å². The van der Waals surface area contributed by atoms with Crippen molar-refractivity contribution in [2.45, 2.75) is 97.2 Å². The van der Waals surface area contributed by atoms with Crippen LogP contribution in [-0.4, -0.2) is 92.9 Å². The molecule has 3 aliphatic rings. The molecule has 5 aromatic rings. The molecule has 0 saturated carbocycles. The SMILES string of the molecule is COC[C@H]1CC(c2nc3ccc4cc5c(cc4c3[nH]2)OCc2cc(-c3cnc([C@@H]4CC[C@H](C)N4C(=O)[C@@H](NC(=O)OC)C(C)C)[nH]3)ccc2-5)N(C(=O)OC(C)(C)C)C1. The minimum Gasteiger partial charge on any atom is -0.488 e. The van der Waals surface area contributed by atoms with Crippen molar-refractivity contribution >= 4 is 39.9 Å². The quantitative estimate of drug-likeness (QED) is 0.141. The Hall–Kier alpha value is -5.63. The van der Waals surface area contributed by atoms with Gasteiger partial charge in [-0.3, -0.25) is 9.69 Å². The molecule has 14 nitrogen and oxygen atoms in total. The highest BCUT2D eigenvalue weighted by Crippen LogP contribution is 2.44. The summed E-state index contributed by atoms with van der Waals surface area (Å²) in [5.41, 5.74) is 6.07. The van der Waals surface area contributed by atoms with Gasteiger partial charge in [0.15, 0.2) is 0 Å². The van der Waals surface area contributed by atoms with Crippen LogP contribution in [0, 0.1) is 11.8 Å². The number of H-pyrrole nitrogens is 2. The number of carbonyl (C=O) groups is 3. The summed E-state index contributed by atoms with van der Waals surface area (Å²) >= 11 is 0. The predicted molar refractivity (Wildman–Crippen MR) is 219 cm³/mol. The van der Waals surface area contributed by atoms with Gasteiger partial charge in [0.2, 0.25) is 5.91 Å². The molecule has 2 fully saturated rings. The van der Waals surface area contributed by atoms with Crippen molar-refractivity contribution in [3.8, 4) is 28.1 Å². The minimum atomic E-state index is -0.711. The van der Waals surface area contributed by atoms with E-state index in [0.29, 0.717) is 25.6 Å². The summed E-state index contributed by atoms with van der Waals surface area (Å²) in [6.07, 6.45) is 3.15. The molecule has 306 valence electrons. The molecule has 2 aromatic heterocycles. The highest BCUT2D eigenvalue weighted by atomic mass is 16.6. The van der Waals surface area contributed by atoms with Crippen LogP contribution in [0.1, 0.15) is 90.1 Å². The predicted octanol–water partition coefficient (Wildman–Crippen LogP) is 8.04. The van der Waals surface area contributed by atoms with Crippen LogP contribution in [-0.2, 0) is 25.6 Å². The fraction of sp³-hybridized carbons (Fsp3) is 0.477. The molecule has 58 heavy (non-hydrogen) atoms. The Morgan fingerprint density at radius 2 is 1.81 bits per heavy atom. The largest absolute Gasteiger partial charge is 0.488 e. The number of ether oxygens (including phenoxy) is 4. The summed E-state index contributed by atoms with van der Waals surface area (Å²) in [7, 11) is 2.98. The molecule has 3 N–H and O–H groups in total. The second kappa shape index (κ2) is 15.3. The van der Waals surface area contributed by atoms with Crippen LogP contribution in [0.3, 0.4) is 0 Å². The molecule has 8 rings (SSSR count). The molecule has 0 bridgehead atoms. The molecule has 3 aliphatic heterocycles. The van der Waals surface area contributed by atoms with Gasteiger partial charge in [-0.1, -0.05) is 32.0 Å². The van der Waals surface area contributed by atoms with E-state index in [4.69, 9.17) is 28.9 Å². The van der Waals surface area contributed by atoms with E-state index in [1.807, 2.05) is 58.7 Å². The summed E-state index contributed by atoms with van der Waals surface area (Å²) in [5, 5.41) is 4.76. The lowest BCUT2D eigenvalue weighted by Gasteiger charge is -2.32. The van der Waals surface area contributed by atoms with Gasteiger partial charge in [0.25, 0.3) is 0 Å². The molecule has 14 heteroatoms. The average Bonchev–Trinajstić information content (AvgIpc) is 4.00. The third kappa shape index (κ3) is 7.34. The number of aromatic amines is 2. The number of alkyl carbamates (subject to hydrolysis) is 1. The van der Waals surface area contributed by atoms with Gasteiger partial charge in [-0.15, -0.1) is 0 Å². The molecular formula is C44H53N7O7. The van der Waals surface area contributed by atoms with Crippen molar-refractivity contribution in [2.75, 3.05) is 27.4 Å². The van der Waals surface area contributed by atoms with E-state index < -0.39 is 17.7 Å². The maximum Gasteiger partial charge on any atom is 0.410 e. The number of methoxy groups -OCH3 is 2. The van der Waals surface area contributed by atoms with E-state index >= 15 is 0 Å². The third-order valence-corrected chi connectivity index (χ3v) is 11.6. The molecule has 2 saturated heterocycles. The second-order valence-electron chi connectivity index (χ2n) is 17.2. The van der Waals surface area contributed by atoms with E-state index in [1.54, 1.807) is 12.0 Å². The van der Waals surface area contributed by atoms with Gasteiger partial charge in [-0.2, -0.15) is 0 Å². The Morgan fingerprint density at radius 3 is 2.55 bits per heavy atom. The lowest BCUT2D eigenvalue weighted by atomic mass is 9.92. The summed E-state index contributed by atoms with van der Waals surface area (Å²) in [6.45, 7) is 13.0. The number of nitrogens with one attached hydrogen (secondary N) is 3. The summed E-state index contributed by atoms with van der Waals surface area (Å²) in [4.78, 5) is 59.7. The Balaban J connectivity index is 1.05. The molecule has 0 spiro atoms. The molecule has 5 atom stereocenters. The van der Waals surface area contributed by atoms with Gasteiger partial charge in [-0.05, 0) is 99.2 Å². The third-order valence-electron chi connectivity index (χ3n) is 11.6. The highest BCUT2D eigenvalue weighted by molar-refractivity contribution is 6.07. The first-order chi connectivity index (χ1) is 27.7. The van der Waals surface area contributed by atoms with Gasteiger partial charge in [0.1, 0.15) is 35.6 Å². The smallest absolute Gasteiger partial charge is 0.410 e. The van der Waals surface area contributed by atoms with Crippen molar-refractivity contribution in [3.05, 3.63) is 65.9 Å². The minimum absolute atomic E-state index is 0.00845. The van der Waals surface area contributed by atoms with Gasteiger partial charge in [0, 0.05) is 36.6 Å². The number of rotatable bonds is 8. The van der Waals surface area contributed by atoms with E-state index in [9.17, 15) is 14.4 Å². The van der Waals surface area contributed by atoms with Crippen LogP contribution >= 0.6 is 0 Å². The monoisotopic (exact) mass is 791 g/mol. The fourth-order valence-corrected chi connectivity index (χ4v) is 8.84. The van der Waals surface area contributed by atoms with E-state index in [0.717, 1.165) is 80.6 Å². The Kier molecular flexibility index (Phi) is 10.3. The van der Waals surface area contributed by atoms with E-state index in [2.05, 4.69) is 51.7 Å². The van der Waals surface area contributed by atoms with Crippen molar-refractivity contribution < 1.29 is 33.3 Å². The average molecular weight is 792 g/mol. The number of carbonyl (C=O) groups excluding carboxylic acids is 3. The van der Waals surface area contributed by atoms with Gasteiger partial charge in [-0.25, -0.2) is 19.6 Å². The van der Waals surface area contributed by atoms with Crippen LogP contribution in [0.5, 0.6) is 5.75 Å². The number of aromatic nitrogens is 4. The molecule has 0 radical (unpaired) electrons. The summed E-state index contributed by atoms with van der Waals surface area (Å²) in [6, 6.07) is 13.5. The number of benzene rings is 3. The number of imidazole rings is 2. The van der Waals surface area contributed by atoms with Crippen LogP contribution < -0.4 is 10.1 Å². The van der Waals surface area contributed by atoms with Gasteiger partial charge in [0.05, 0.1) is 48.7 Å². The number of likely N-dealkylation sites (tertiary alicyclic amines) is 2.